The minimum absolute atomic E-state index is 0.747. The van der Waals surface area contributed by atoms with Crippen molar-refractivity contribution in [3.05, 3.63) is 36.5 Å². The number of ether oxygens (including phenoxy) is 1. The summed E-state index contributed by atoms with van der Waals surface area (Å²) in [5.74, 6) is 0.747. The molecule has 0 atom stereocenters. The lowest BCUT2D eigenvalue weighted by Crippen LogP contribution is -2.45. The number of carboxylic acid groups (broad SMARTS) is 1. The molecule has 0 bridgehead atoms. The molecule has 3 aromatic rings. The van der Waals surface area contributed by atoms with Crippen LogP contribution in [0.25, 0.3) is 21.7 Å². The molecule has 6 nitrogen and oxygen atoms in total. The fraction of sp³-hybridized carbons (Fsp3) is 0.250. The highest BCUT2D eigenvalue weighted by Gasteiger charge is 2.25. The molecule has 0 unspecified atom stereocenters. The normalized spacial score (nSPS) is 11.8. The molecule has 1 aromatic heterocycles. The van der Waals surface area contributed by atoms with Gasteiger partial charge in [-0.05, 0) is 31.4 Å². The van der Waals surface area contributed by atoms with Gasteiger partial charge in [0.15, 0.2) is 0 Å². The van der Waals surface area contributed by atoms with Crippen molar-refractivity contribution in [1.29, 1.82) is 0 Å². The summed E-state index contributed by atoms with van der Waals surface area (Å²) in [6, 6.07) is 9.80. The van der Waals surface area contributed by atoms with Crippen LogP contribution in [-0.4, -0.2) is 28.1 Å². The third-order valence-corrected chi connectivity index (χ3v) is 3.70. The smallest absolute Gasteiger partial charge is 0.406 e. The van der Waals surface area contributed by atoms with Crippen LogP contribution >= 0.6 is 0 Å². The van der Waals surface area contributed by atoms with Crippen LogP contribution in [0.15, 0.2) is 36.5 Å². The average molecular weight is 299 g/mol. The lowest BCUT2D eigenvalue weighted by molar-refractivity contribution is 0.164. The maximum absolute atomic E-state index is 11.0. The van der Waals surface area contributed by atoms with Crippen molar-refractivity contribution in [3.8, 4) is 5.75 Å². The Bertz CT molecular complexity index is 868. The van der Waals surface area contributed by atoms with Crippen molar-refractivity contribution in [2.45, 2.75) is 19.5 Å². The largest absolute Gasteiger partial charge is 0.497 e. The first-order valence-electron chi connectivity index (χ1n) is 6.88. The lowest BCUT2D eigenvalue weighted by Gasteiger charge is -2.26. The van der Waals surface area contributed by atoms with Crippen LogP contribution < -0.4 is 10.1 Å². The topological polar surface area (TPSA) is 76.4 Å². The van der Waals surface area contributed by atoms with Gasteiger partial charge in [-0.1, -0.05) is 18.2 Å². The molecule has 0 aliphatic heterocycles. The first-order chi connectivity index (χ1) is 10.4. The molecule has 2 aromatic carbocycles. The number of nitrogens with one attached hydrogen (secondary N) is 1. The molecule has 0 saturated carbocycles. The van der Waals surface area contributed by atoms with Crippen LogP contribution in [0, 0.1) is 0 Å². The summed E-state index contributed by atoms with van der Waals surface area (Å²) in [7, 11) is 1.62. The van der Waals surface area contributed by atoms with E-state index in [1.807, 2.05) is 30.3 Å². The summed E-state index contributed by atoms with van der Waals surface area (Å²) in [5, 5.41) is 18.9. The summed E-state index contributed by atoms with van der Waals surface area (Å²) < 4.78 is 6.99. The second-order valence-corrected chi connectivity index (χ2v) is 5.64. The van der Waals surface area contributed by atoms with E-state index < -0.39 is 11.8 Å². The number of aromatic nitrogens is 2. The first-order valence-corrected chi connectivity index (χ1v) is 6.88. The number of benzene rings is 2. The van der Waals surface area contributed by atoms with Crippen molar-refractivity contribution >= 4 is 27.8 Å². The first kappa shape index (κ1) is 14.2. The van der Waals surface area contributed by atoms with Gasteiger partial charge in [0.25, 0.3) is 0 Å². The zero-order valence-corrected chi connectivity index (χ0v) is 12.6. The summed E-state index contributed by atoms with van der Waals surface area (Å²) in [6.45, 7) is 3.54. The van der Waals surface area contributed by atoms with E-state index in [1.165, 1.54) is 0 Å². The molecule has 0 radical (unpaired) electrons. The number of carbonyl (C=O) groups is 1. The quantitative estimate of drug-likeness (QED) is 0.779. The number of rotatable bonds is 3. The number of hydrogen-bond acceptors (Lipinski definition) is 3. The molecule has 1 amide bonds. The Morgan fingerprint density at radius 1 is 1.27 bits per heavy atom. The Morgan fingerprint density at radius 3 is 2.64 bits per heavy atom. The maximum atomic E-state index is 11.0. The molecule has 2 N–H and O–H groups in total. The third-order valence-electron chi connectivity index (χ3n) is 3.70. The van der Waals surface area contributed by atoms with Gasteiger partial charge in [-0.25, -0.2) is 9.48 Å². The average Bonchev–Trinajstić information content (AvgIpc) is 2.90. The highest BCUT2D eigenvalue weighted by molar-refractivity contribution is 6.06. The van der Waals surface area contributed by atoms with Crippen molar-refractivity contribution in [2.75, 3.05) is 7.11 Å². The number of amides is 1. The monoisotopic (exact) mass is 299 g/mol. The Labute approximate surface area is 127 Å². The maximum Gasteiger partial charge on any atom is 0.406 e. The molecule has 0 fully saturated rings. The third kappa shape index (κ3) is 2.22. The molecule has 0 saturated heterocycles. The van der Waals surface area contributed by atoms with Gasteiger partial charge >= 0.3 is 6.09 Å². The molecule has 1 heterocycles. The predicted octanol–water partition coefficient (Wildman–Crippen LogP) is 3.16. The van der Waals surface area contributed by atoms with Gasteiger partial charge in [0.1, 0.15) is 11.4 Å². The molecule has 0 aliphatic rings. The van der Waals surface area contributed by atoms with Gasteiger partial charge in [0.05, 0.1) is 18.8 Å². The van der Waals surface area contributed by atoms with E-state index in [1.54, 1.807) is 31.8 Å². The fourth-order valence-corrected chi connectivity index (χ4v) is 2.68. The Balaban J connectivity index is 2.32. The van der Waals surface area contributed by atoms with E-state index >= 15 is 0 Å². The SMILES string of the molecule is COc1ccc2ccc3cnn(C(C)(C)NC(=O)O)c3c2c1. The molecule has 114 valence electrons. The number of methoxy groups -OCH3 is 1. The summed E-state index contributed by atoms with van der Waals surface area (Å²) in [4.78, 5) is 11.0. The molecule has 3 rings (SSSR count). The highest BCUT2D eigenvalue weighted by atomic mass is 16.5. The van der Waals surface area contributed by atoms with Crippen LogP contribution in [0.3, 0.4) is 0 Å². The second-order valence-electron chi connectivity index (χ2n) is 5.64. The minimum Gasteiger partial charge on any atom is -0.497 e. The van der Waals surface area contributed by atoms with Crippen molar-refractivity contribution in [2.24, 2.45) is 0 Å². The molecular formula is C16H17N3O3. The van der Waals surface area contributed by atoms with E-state index in [2.05, 4.69) is 10.4 Å². The van der Waals surface area contributed by atoms with Gasteiger partial charge in [-0.15, -0.1) is 0 Å². The molecule has 22 heavy (non-hydrogen) atoms. The van der Waals surface area contributed by atoms with Crippen LogP contribution in [0.1, 0.15) is 13.8 Å². The van der Waals surface area contributed by atoms with Crippen LogP contribution in [0.2, 0.25) is 0 Å². The van der Waals surface area contributed by atoms with Gasteiger partial charge in [0, 0.05) is 10.8 Å². The number of nitrogens with zero attached hydrogens (tertiary/aromatic N) is 2. The fourth-order valence-electron chi connectivity index (χ4n) is 2.68. The molecule has 0 aliphatic carbocycles. The van der Waals surface area contributed by atoms with E-state index in [4.69, 9.17) is 9.84 Å². The highest BCUT2D eigenvalue weighted by Crippen LogP contribution is 2.30. The standard InChI is InChI=1S/C16H17N3O3/c1-16(2,18-15(20)21)19-14-11(9-17-19)5-4-10-6-7-12(22-3)8-13(10)14/h4-9,18H,1-3H3,(H,20,21). The van der Waals surface area contributed by atoms with Gasteiger partial charge < -0.3 is 9.84 Å². The van der Waals surface area contributed by atoms with E-state index in [9.17, 15) is 4.79 Å². The van der Waals surface area contributed by atoms with Crippen LogP contribution in [0.5, 0.6) is 5.75 Å². The summed E-state index contributed by atoms with van der Waals surface area (Å²) in [6.07, 6.45) is 0.644. The zero-order valence-electron chi connectivity index (χ0n) is 12.6. The van der Waals surface area contributed by atoms with Gasteiger partial charge in [-0.3, -0.25) is 5.32 Å². The van der Waals surface area contributed by atoms with Gasteiger partial charge in [-0.2, -0.15) is 5.10 Å². The predicted molar refractivity (Wildman–Crippen MR) is 84.3 cm³/mol. The van der Waals surface area contributed by atoms with Crippen molar-refractivity contribution < 1.29 is 14.6 Å². The summed E-state index contributed by atoms with van der Waals surface area (Å²) >= 11 is 0. The van der Waals surface area contributed by atoms with Gasteiger partial charge in [0.2, 0.25) is 0 Å². The number of fused-ring (bicyclic) bond motifs is 3. The molecule has 6 heteroatoms. The Morgan fingerprint density at radius 2 is 1.95 bits per heavy atom. The Kier molecular flexibility index (Phi) is 3.16. The lowest BCUT2D eigenvalue weighted by atomic mass is 10.1. The number of hydrogen-bond donors (Lipinski definition) is 2. The van der Waals surface area contributed by atoms with Crippen molar-refractivity contribution in [1.82, 2.24) is 15.1 Å². The zero-order chi connectivity index (χ0) is 15.9. The molecular weight excluding hydrogens is 282 g/mol. The van der Waals surface area contributed by atoms with Crippen molar-refractivity contribution in [3.63, 3.8) is 0 Å². The van der Waals surface area contributed by atoms with Crippen LogP contribution in [0.4, 0.5) is 4.79 Å². The van der Waals surface area contributed by atoms with E-state index in [0.29, 0.717) is 0 Å². The van der Waals surface area contributed by atoms with E-state index in [0.717, 1.165) is 27.4 Å². The second kappa shape index (κ2) is 4.91. The van der Waals surface area contributed by atoms with E-state index in [-0.39, 0.29) is 0 Å². The Hall–Kier alpha value is -2.76. The van der Waals surface area contributed by atoms with Crippen LogP contribution in [-0.2, 0) is 5.66 Å². The molecule has 0 spiro atoms. The summed E-state index contributed by atoms with van der Waals surface area (Å²) in [5.41, 5.74) is 0.000413. The minimum atomic E-state index is -1.09.